The number of fused-ring (bicyclic) bond motifs is 6. The molecule has 0 saturated carbocycles. The van der Waals surface area contributed by atoms with Crippen LogP contribution in [0.25, 0.3) is 99.6 Å². The molecule has 1 heterocycles. The summed E-state index contributed by atoms with van der Waals surface area (Å²) in [6, 6.07) is 70.1. The highest BCUT2D eigenvalue weighted by Crippen LogP contribution is 2.54. The Hall–Kier alpha value is -7.16. The van der Waals surface area contributed by atoms with Crippen LogP contribution in [-0.2, 0) is 5.41 Å². The van der Waals surface area contributed by atoms with E-state index in [1.807, 2.05) is 0 Å². The lowest BCUT2D eigenvalue weighted by Gasteiger charge is -2.22. The molecule has 1 aliphatic rings. The molecule has 0 radical (unpaired) electrons. The third-order valence-corrected chi connectivity index (χ3v) is 12.1. The Morgan fingerprint density at radius 3 is 1.35 bits per heavy atom. The summed E-state index contributed by atoms with van der Waals surface area (Å²) in [4.78, 5) is 10.9. The summed E-state index contributed by atoms with van der Waals surface area (Å²) >= 11 is 0. The van der Waals surface area contributed by atoms with E-state index >= 15 is 0 Å². The minimum atomic E-state index is -0.133. The van der Waals surface area contributed by atoms with Crippen molar-refractivity contribution >= 4 is 32.3 Å². The van der Waals surface area contributed by atoms with Gasteiger partial charge in [0.15, 0.2) is 5.82 Å². The highest BCUT2D eigenvalue weighted by molar-refractivity contribution is 6.03. The Bertz CT molecular complexity index is 3120. The summed E-state index contributed by atoms with van der Waals surface area (Å²) in [5.74, 6) is 0.699. The van der Waals surface area contributed by atoms with Crippen molar-refractivity contribution in [3.05, 3.63) is 205 Å². The van der Waals surface area contributed by atoms with Crippen molar-refractivity contribution in [2.45, 2.75) is 19.3 Å². The van der Waals surface area contributed by atoms with Gasteiger partial charge in [0.25, 0.3) is 0 Å². The second kappa shape index (κ2) is 13.0. The summed E-state index contributed by atoms with van der Waals surface area (Å²) in [5, 5.41) is 7.25. The summed E-state index contributed by atoms with van der Waals surface area (Å²) in [6.07, 6.45) is 0. The minimum Gasteiger partial charge on any atom is -0.228 e. The number of hydrogen-bond acceptors (Lipinski definition) is 2. The number of aromatic nitrogens is 2. The van der Waals surface area contributed by atoms with Gasteiger partial charge in [0.05, 0.1) is 11.4 Å². The fourth-order valence-electron chi connectivity index (χ4n) is 9.30. The van der Waals surface area contributed by atoms with Gasteiger partial charge in [-0.2, -0.15) is 0 Å². The van der Waals surface area contributed by atoms with Crippen LogP contribution in [0.4, 0.5) is 0 Å². The average Bonchev–Trinajstić information content (AvgIpc) is 3.50. The summed E-state index contributed by atoms with van der Waals surface area (Å²) in [5.41, 5.74) is 14.9. The maximum absolute atomic E-state index is 5.44. The van der Waals surface area contributed by atoms with E-state index in [0.717, 1.165) is 39.2 Å². The zero-order valence-corrected chi connectivity index (χ0v) is 31.9. The molecule has 10 aromatic rings. The van der Waals surface area contributed by atoms with Crippen LogP contribution in [0, 0.1) is 0 Å². The molecule has 0 aliphatic heterocycles. The molecule has 0 fully saturated rings. The van der Waals surface area contributed by atoms with Gasteiger partial charge in [-0.1, -0.05) is 190 Å². The fourth-order valence-corrected chi connectivity index (χ4v) is 9.30. The molecule has 0 amide bonds. The number of nitrogens with zero attached hydrogens (tertiary/aromatic N) is 2. The van der Waals surface area contributed by atoms with E-state index in [2.05, 4.69) is 208 Å². The van der Waals surface area contributed by atoms with Gasteiger partial charge in [-0.15, -0.1) is 0 Å². The van der Waals surface area contributed by atoms with Crippen molar-refractivity contribution in [1.29, 1.82) is 0 Å². The largest absolute Gasteiger partial charge is 0.228 e. The third kappa shape index (κ3) is 5.33. The van der Waals surface area contributed by atoms with Gasteiger partial charge < -0.3 is 0 Å². The molecule has 1 aromatic heterocycles. The quantitative estimate of drug-likeness (QED) is 0.176. The van der Waals surface area contributed by atoms with E-state index in [1.165, 1.54) is 65.7 Å². The highest BCUT2D eigenvalue weighted by atomic mass is 14.9. The molecular weight excluding hydrogens is 689 g/mol. The molecule has 9 aromatic carbocycles. The predicted molar refractivity (Wildman–Crippen MR) is 239 cm³/mol. The van der Waals surface area contributed by atoms with Gasteiger partial charge in [-0.05, 0) is 95.0 Å². The second-order valence-electron chi connectivity index (χ2n) is 15.7. The van der Waals surface area contributed by atoms with Crippen LogP contribution in [0.5, 0.6) is 0 Å². The molecule has 2 nitrogen and oxygen atoms in total. The average molecular weight is 727 g/mol. The lowest BCUT2D eigenvalue weighted by atomic mass is 9.81. The first-order chi connectivity index (χ1) is 28.0. The van der Waals surface area contributed by atoms with E-state index < -0.39 is 0 Å². The van der Waals surface area contributed by atoms with Crippen molar-refractivity contribution < 1.29 is 0 Å². The lowest BCUT2D eigenvalue weighted by molar-refractivity contribution is 0.661. The molecule has 268 valence electrons. The van der Waals surface area contributed by atoms with Crippen LogP contribution in [-0.4, -0.2) is 9.97 Å². The molecule has 57 heavy (non-hydrogen) atoms. The van der Waals surface area contributed by atoms with Gasteiger partial charge in [-0.3, -0.25) is 0 Å². The van der Waals surface area contributed by atoms with Crippen molar-refractivity contribution in [2.75, 3.05) is 0 Å². The minimum absolute atomic E-state index is 0.133. The summed E-state index contributed by atoms with van der Waals surface area (Å²) < 4.78 is 0. The van der Waals surface area contributed by atoms with Crippen LogP contribution >= 0.6 is 0 Å². The number of benzene rings is 9. The summed E-state index contributed by atoms with van der Waals surface area (Å²) in [6.45, 7) is 4.73. The van der Waals surface area contributed by atoms with Crippen LogP contribution in [0.15, 0.2) is 194 Å². The first-order valence-corrected chi connectivity index (χ1v) is 19.7. The van der Waals surface area contributed by atoms with Crippen LogP contribution in [0.1, 0.15) is 25.0 Å². The number of hydrogen-bond donors (Lipinski definition) is 0. The third-order valence-electron chi connectivity index (χ3n) is 12.1. The maximum Gasteiger partial charge on any atom is 0.161 e. The lowest BCUT2D eigenvalue weighted by Crippen LogP contribution is -2.14. The standard InChI is InChI=1S/C55H38N2/c1-55(2)49-31-15-30-46(53(49)48-32-37-18-3-4-19-38(37)33-50(48)55)42-25-10-9-24-41(42)43-26-11-12-27-47(43)54-56-51(44-28-13-20-35-16-5-7-22-39(35)44)34-52(57-54)45-29-14-21-36-17-6-8-23-40(36)45/h3-34H,1-2H3. The molecule has 0 atom stereocenters. The Labute approximate surface area is 332 Å². The van der Waals surface area contributed by atoms with Gasteiger partial charge in [0, 0.05) is 22.1 Å². The van der Waals surface area contributed by atoms with Crippen molar-refractivity contribution in [1.82, 2.24) is 9.97 Å². The molecule has 0 N–H and O–H groups in total. The van der Waals surface area contributed by atoms with Crippen LogP contribution in [0.2, 0.25) is 0 Å². The van der Waals surface area contributed by atoms with Crippen LogP contribution < -0.4 is 0 Å². The zero-order valence-electron chi connectivity index (χ0n) is 31.9. The molecule has 2 heteroatoms. The molecule has 0 saturated heterocycles. The highest BCUT2D eigenvalue weighted by Gasteiger charge is 2.37. The Kier molecular flexibility index (Phi) is 7.55. The van der Waals surface area contributed by atoms with E-state index in [9.17, 15) is 0 Å². The van der Waals surface area contributed by atoms with Crippen molar-refractivity contribution in [3.63, 3.8) is 0 Å². The van der Waals surface area contributed by atoms with Gasteiger partial charge >= 0.3 is 0 Å². The van der Waals surface area contributed by atoms with Gasteiger partial charge in [0.1, 0.15) is 0 Å². The molecular formula is C55H38N2. The van der Waals surface area contributed by atoms with Gasteiger partial charge in [0.2, 0.25) is 0 Å². The fraction of sp³-hybridized carbons (Fsp3) is 0.0545. The molecule has 0 bridgehead atoms. The van der Waals surface area contributed by atoms with Crippen LogP contribution in [0.3, 0.4) is 0 Å². The van der Waals surface area contributed by atoms with E-state index in [0.29, 0.717) is 5.82 Å². The van der Waals surface area contributed by atoms with E-state index in [-0.39, 0.29) is 5.41 Å². The Morgan fingerprint density at radius 2 is 0.737 bits per heavy atom. The topological polar surface area (TPSA) is 25.8 Å². The maximum atomic E-state index is 5.44. The second-order valence-corrected chi connectivity index (χ2v) is 15.7. The Morgan fingerprint density at radius 1 is 0.316 bits per heavy atom. The summed E-state index contributed by atoms with van der Waals surface area (Å²) in [7, 11) is 0. The van der Waals surface area contributed by atoms with Gasteiger partial charge in [-0.25, -0.2) is 9.97 Å². The van der Waals surface area contributed by atoms with Crippen molar-refractivity contribution in [3.8, 4) is 67.3 Å². The SMILES string of the molecule is CC1(C)c2cc3ccccc3cc2-c2c(-c3ccccc3-c3ccccc3-c3nc(-c4cccc5ccccc45)cc(-c4cccc5ccccc45)n3)cccc21. The number of rotatable bonds is 5. The predicted octanol–water partition coefficient (Wildman–Crippen LogP) is 14.6. The Balaban J connectivity index is 1.14. The van der Waals surface area contributed by atoms with Crippen molar-refractivity contribution in [2.24, 2.45) is 0 Å². The molecule has 0 unspecified atom stereocenters. The molecule has 11 rings (SSSR count). The zero-order chi connectivity index (χ0) is 38.1. The normalized spacial score (nSPS) is 12.9. The first kappa shape index (κ1) is 33.2. The smallest absolute Gasteiger partial charge is 0.161 e. The van der Waals surface area contributed by atoms with E-state index in [1.54, 1.807) is 0 Å². The van der Waals surface area contributed by atoms with E-state index in [4.69, 9.17) is 9.97 Å². The first-order valence-electron chi connectivity index (χ1n) is 19.7. The molecule has 1 aliphatic carbocycles. The monoisotopic (exact) mass is 726 g/mol. The molecule has 0 spiro atoms.